The summed E-state index contributed by atoms with van der Waals surface area (Å²) in [4.78, 5) is 2.57. The molecule has 0 bridgehead atoms. The minimum absolute atomic E-state index is 0.858. The van der Waals surface area contributed by atoms with Crippen molar-refractivity contribution in [2.75, 3.05) is 19.6 Å². The van der Waals surface area contributed by atoms with Gasteiger partial charge in [0.1, 0.15) is 0 Å². The molecule has 0 atom stereocenters. The molecule has 0 unspecified atom stereocenters. The molecule has 1 saturated heterocycles. The molecule has 1 aliphatic rings. The van der Waals surface area contributed by atoms with Crippen molar-refractivity contribution in [1.82, 2.24) is 4.90 Å². The topological polar surface area (TPSA) is 3.24 Å². The third kappa shape index (κ3) is 4.57. The van der Waals surface area contributed by atoms with Crippen molar-refractivity contribution in [2.45, 2.75) is 19.3 Å². The summed E-state index contributed by atoms with van der Waals surface area (Å²) < 4.78 is 0. The SMILES string of the molecule is C(=C\c1ccccc1)/CN1CCC(Cc2ccccc2)CC1. The van der Waals surface area contributed by atoms with Crippen LogP contribution >= 0.6 is 0 Å². The fraction of sp³-hybridized carbons (Fsp3) is 0.333. The largest absolute Gasteiger partial charge is 0.300 e. The maximum absolute atomic E-state index is 2.57. The molecule has 22 heavy (non-hydrogen) atoms. The highest BCUT2D eigenvalue weighted by Crippen LogP contribution is 2.21. The molecule has 3 rings (SSSR count). The van der Waals surface area contributed by atoms with E-state index >= 15 is 0 Å². The van der Waals surface area contributed by atoms with Gasteiger partial charge in [-0.05, 0) is 49.4 Å². The lowest BCUT2D eigenvalue weighted by Crippen LogP contribution is -2.34. The Balaban J connectivity index is 1.41. The van der Waals surface area contributed by atoms with E-state index in [4.69, 9.17) is 0 Å². The Labute approximate surface area is 134 Å². The maximum Gasteiger partial charge on any atom is 0.0166 e. The highest BCUT2D eigenvalue weighted by atomic mass is 15.1. The van der Waals surface area contributed by atoms with Gasteiger partial charge in [-0.1, -0.05) is 72.8 Å². The molecular weight excluding hydrogens is 266 g/mol. The number of likely N-dealkylation sites (tertiary alicyclic amines) is 1. The molecule has 114 valence electrons. The lowest BCUT2D eigenvalue weighted by Gasteiger charge is -2.31. The molecule has 0 aliphatic carbocycles. The van der Waals surface area contributed by atoms with E-state index < -0.39 is 0 Å². The highest BCUT2D eigenvalue weighted by Gasteiger charge is 2.18. The first-order chi connectivity index (χ1) is 10.9. The van der Waals surface area contributed by atoms with Crippen molar-refractivity contribution in [2.24, 2.45) is 5.92 Å². The number of hydrogen-bond acceptors (Lipinski definition) is 1. The minimum atomic E-state index is 0.858. The summed E-state index contributed by atoms with van der Waals surface area (Å²) in [6.45, 7) is 3.54. The van der Waals surface area contributed by atoms with Crippen LogP contribution in [0.3, 0.4) is 0 Å². The van der Waals surface area contributed by atoms with Gasteiger partial charge >= 0.3 is 0 Å². The zero-order chi connectivity index (χ0) is 15.0. The predicted molar refractivity (Wildman–Crippen MR) is 94.8 cm³/mol. The van der Waals surface area contributed by atoms with Crippen LogP contribution in [0.2, 0.25) is 0 Å². The number of benzene rings is 2. The summed E-state index contributed by atoms with van der Waals surface area (Å²) in [6.07, 6.45) is 8.43. The Bertz CT molecular complexity index is 565. The zero-order valence-electron chi connectivity index (χ0n) is 13.2. The second-order valence-corrected chi connectivity index (χ2v) is 6.25. The van der Waals surface area contributed by atoms with Crippen LogP contribution < -0.4 is 0 Å². The van der Waals surface area contributed by atoms with Crippen molar-refractivity contribution < 1.29 is 0 Å². The van der Waals surface area contributed by atoms with Crippen molar-refractivity contribution in [3.8, 4) is 0 Å². The Kier molecular flexibility index (Phi) is 5.44. The summed E-state index contributed by atoms with van der Waals surface area (Å²) in [5, 5.41) is 0. The van der Waals surface area contributed by atoms with Crippen molar-refractivity contribution in [1.29, 1.82) is 0 Å². The van der Waals surface area contributed by atoms with E-state index in [9.17, 15) is 0 Å². The average molecular weight is 291 g/mol. The van der Waals surface area contributed by atoms with Gasteiger partial charge in [0.25, 0.3) is 0 Å². The summed E-state index contributed by atoms with van der Waals surface area (Å²) in [5.41, 5.74) is 2.78. The van der Waals surface area contributed by atoms with Crippen molar-refractivity contribution in [3.05, 3.63) is 77.9 Å². The number of hydrogen-bond donors (Lipinski definition) is 0. The van der Waals surface area contributed by atoms with E-state index in [-0.39, 0.29) is 0 Å². The van der Waals surface area contributed by atoms with E-state index in [1.807, 2.05) is 0 Å². The summed E-state index contributed by atoms with van der Waals surface area (Å²) >= 11 is 0. The predicted octanol–water partition coefficient (Wildman–Crippen LogP) is 4.65. The summed E-state index contributed by atoms with van der Waals surface area (Å²) in [5.74, 6) is 0.858. The second-order valence-electron chi connectivity index (χ2n) is 6.25. The van der Waals surface area contributed by atoms with Crippen LogP contribution in [0.25, 0.3) is 6.08 Å². The van der Waals surface area contributed by atoms with Gasteiger partial charge in [0.2, 0.25) is 0 Å². The normalized spacial score (nSPS) is 17.1. The van der Waals surface area contributed by atoms with Crippen molar-refractivity contribution >= 4 is 6.08 Å². The lowest BCUT2D eigenvalue weighted by molar-refractivity contribution is 0.200. The van der Waals surface area contributed by atoms with Crippen LogP contribution in [-0.2, 0) is 6.42 Å². The van der Waals surface area contributed by atoms with E-state index in [0.29, 0.717) is 0 Å². The summed E-state index contributed by atoms with van der Waals surface area (Å²) in [6, 6.07) is 21.5. The Morgan fingerprint density at radius 1 is 0.864 bits per heavy atom. The summed E-state index contributed by atoms with van der Waals surface area (Å²) in [7, 11) is 0. The van der Waals surface area contributed by atoms with Crippen LogP contribution in [0.5, 0.6) is 0 Å². The average Bonchev–Trinajstić information content (AvgIpc) is 2.58. The van der Waals surface area contributed by atoms with Crippen LogP contribution in [0, 0.1) is 5.92 Å². The Morgan fingerprint density at radius 3 is 2.18 bits per heavy atom. The zero-order valence-corrected chi connectivity index (χ0v) is 13.2. The molecule has 1 heterocycles. The first kappa shape index (κ1) is 15.1. The minimum Gasteiger partial charge on any atom is -0.300 e. The van der Waals surface area contributed by atoms with E-state index in [2.05, 4.69) is 77.7 Å². The Hall–Kier alpha value is -1.86. The fourth-order valence-electron chi connectivity index (χ4n) is 3.22. The van der Waals surface area contributed by atoms with Crippen LogP contribution in [0.15, 0.2) is 66.7 Å². The van der Waals surface area contributed by atoms with E-state index in [0.717, 1.165) is 12.5 Å². The molecule has 2 aromatic carbocycles. The molecule has 0 spiro atoms. The lowest BCUT2D eigenvalue weighted by atomic mass is 9.90. The van der Waals surface area contributed by atoms with Crippen LogP contribution in [0.1, 0.15) is 24.0 Å². The maximum atomic E-state index is 2.57. The van der Waals surface area contributed by atoms with Gasteiger partial charge in [0, 0.05) is 6.54 Å². The highest BCUT2D eigenvalue weighted by molar-refractivity contribution is 5.48. The second kappa shape index (κ2) is 7.95. The first-order valence-electron chi connectivity index (χ1n) is 8.38. The third-order valence-corrected chi connectivity index (χ3v) is 4.55. The van der Waals surface area contributed by atoms with E-state index in [1.165, 1.54) is 43.5 Å². The first-order valence-corrected chi connectivity index (χ1v) is 8.38. The van der Waals surface area contributed by atoms with Crippen LogP contribution in [-0.4, -0.2) is 24.5 Å². The molecule has 1 fully saturated rings. The van der Waals surface area contributed by atoms with Gasteiger partial charge in [-0.25, -0.2) is 0 Å². The molecule has 1 nitrogen and oxygen atoms in total. The van der Waals surface area contributed by atoms with Gasteiger partial charge in [0.05, 0.1) is 0 Å². The number of nitrogens with zero attached hydrogens (tertiary/aromatic N) is 1. The molecule has 0 amide bonds. The van der Waals surface area contributed by atoms with Crippen molar-refractivity contribution in [3.63, 3.8) is 0 Å². The van der Waals surface area contributed by atoms with Gasteiger partial charge in [-0.3, -0.25) is 4.90 Å². The standard InChI is InChI=1S/C21H25N/c1-3-8-19(9-4-1)12-7-15-22-16-13-21(14-17-22)18-20-10-5-2-6-11-20/h1-12,21H,13-18H2/b12-7+. The smallest absolute Gasteiger partial charge is 0.0166 e. The van der Waals surface area contributed by atoms with Crippen LogP contribution in [0.4, 0.5) is 0 Å². The quantitative estimate of drug-likeness (QED) is 0.775. The Morgan fingerprint density at radius 2 is 1.50 bits per heavy atom. The number of rotatable bonds is 5. The molecule has 2 aromatic rings. The van der Waals surface area contributed by atoms with E-state index in [1.54, 1.807) is 0 Å². The molecule has 0 aromatic heterocycles. The number of piperidine rings is 1. The molecule has 0 radical (unpaired) electrons. The fourth-order valence-corrected chi connectivity index (χ4v) is 3.22. The van der Waals surface area contributed by atoms with Gasteiger partial charge in [-0.2, -0.15) is 0 Å². The molecule has 0 N–H and O–H groups in total. The molecular formula is C21H25N. The molecule has 1 heteroatoms. The molecule has 1 aliphatic heterocycles. The third-order valence-electron chi connectivity index (χ3n) is 4.55. The van der Waals surface area contributed by atoms with Gasteiger partial charge in [0.15, 0.2) is 0 Å². The van der Waals surface area contributed by atoms with Gasteiger partial charge < -0.3 is 0 Å². The monoisotopic (exact) mass is 291 g/mol. The molecule has 0 saturated carbocycles. The van der Waals surface area contributed by atoms with Gasteiger partial charge in [-0.15, -0.1) is 0 Å².